The highest BCUT2D eigenvalue weighted by atomic mass is 19.4. The summed E-state index contributed by atoms with van der Waals surface area (Å²) in [6.45, 7) is 0. The molecule has 3 nitrogen and oxygen atoms in total. The van der Waals surface area contributed by atoms with Crippen molar-refractivity contribution < 1.29 is 22.8 Å². The Labute approximate surface area is 118 Å². The molecule has 0 aliphatic carbocycles. The zero-order valence-electron chi connectivity index (χ0n) is 10.6. The Balaban J connectivity index is 2.24. The molecular formula is C15H10F3NO2. The average molecular weight is 293 g/mol. The first kappa shape index (κ1) is 14.8. The molecule has 0 aromatic heterocycles. The third-order valence-corrected chi connectivity index (χ3v) is 2.74. The molecule has 0 fully saturated rings. The van der Waals surface area contributed by atoms with E-state index >= 15 is 0 Å². The number of rotatable bonds is 2. The molecule has 0 saturated carbocycles. The van der Waals surface area contributed by atoms with Gasteiger partial charge in [0, 0.05) is 5.56 Å². The Morgan fingerprint density at radius 2 is 1.38 bits per heavy atom. The van der Waals surface area contributed by atoms with Gasteiger partial charge >= 0.3 is 6.18 Å². The number of carbonyl (C=O) groups is 2. The van der Waals surface area contributed by atoms with E-state index in [-0.39, 0.29) is 5.56 Å². The SMILES string of the molecule is O=C(NC(=O)c1ccccc1C(F)(F)F)c1ccccc1. The molecule has 0 saturated heterocycles. The van der Waals surface area contributed by atoms with Crippen LogP contribution in [0.5, 0.6) is 0 Å². The monoisotopic (exact) mass is 293 g/mol. The first-order valence-corrected chi connectivity index (χ1v) is 5.96. The molecular weight excluding hydrogens is 283 g/mol. The van der Waals surface area contributed by atoms with Crippen molar-refractivity contribution in [1.82, 2.24) is 5.32 Å². The van der Waals surface area contributed by atoms with E-state index in [0.717, 1.165) is 12.1 Å². The lowest BCUT2D eigenvalue weighted by Gasteiger charge is -2.12. The number of benzene rings is 2. The fraction of sp³-hybridized carbons (Fsp3) is 0.0667. The number of carbonyl (C=O) groups excluding carboxylic acids is 2. The summed E-state index contributed by atoms with van der Waals surface area (Å²) in [7, 11) is 0. The largest absolute Gasteiger partial charge is 0.417 e. The Kier molecular flexibility index (Phi) is 4.07. The Morgan fingerprint density at radius 1 is 0.810 bits per heavy atom. The normalized spacial score (nSPS) is 11.0. The van der Waals surface area contributed by atoms with Crippen LogP contribution in [0.4, 0.5) is 13.2 Å². The van der Waals surface area contributed by atoms with Crippen molar-refractivity contribution in [3.05, 3.63) is 71.3 Å². The quantitative estimate of drug-likeness (QED) is 0.864. The van der Waals surface area contributed by atoms with Crippen LogP contribution in [0.2, 0.25) is 0 Å². The van der Waals surface area contributed by atoms with Crippen LogP contribution in [0.15, 0.2) is 54.6 Å². The fourth-order valence-electron chi connectivity index (χ4n) is 1.76. The van der Waals surface area contributed by atoms with Crippen LogP contribution in [-0.4, -0.2) is 11.8 Å². The summed E-state index contributed by atoms with van der Waals surface area (Å²) < 4.78 is 38.4. The molecule has 0 atom stereocenters. The Hall–Kier alpha value is -2.63. The molecule has 2 aromatic rings. The van der Waals surface area contributed by atoms with Crippen LogP contribution < -0.4 is 5.32 Å². The molecule has 0 bridgehead atoms. The molecule has 21 heavy (non-hydrogen) atoms. The summed E-state index contributed by atoms with van der Waals surface area (Å²) in [5, 5.41) is 1.95. The third kappa shape index (κ3) is 3.47. The first-order chi connectivity index (χ1) is 9.89. The molecule has 0 unspecified atom stereocenters. The number of halogens is 3. The summed E-state index contributed by atoms with van der Waals surface area (Å²) in [6.07, 6.45) is -4.66. The van der Waals surface area contributed by atoms with Gasteiger partial charge in [-0.25, -0.2) is 0 Å². The van der Waals surface area contributed by atoms with Crippen molar-refractivity contribution in [2.75, 3.05) is 0 Å². The minimum Gasteiger partial charge on any atom is -0.288 e. The van der Waals surface area contributed by atoms with Gasteiger partial charge in [0.1, 0.15) is 0 Å². The van der Waals surface area contributed by atoms with E-state index in [2.05, 4.69) is 0 Å². The standard InChI is InChI=1S/C15H10F3NO2/c16-15(17,18)12-9-5-4-8-11(12)14(21)19-13(20)10-6-2-1-3-7-10/h1-9H,(H,19,20,21). The van der Waals surface area contributed by atoms with Crippen molar-refractivity contribution in [3.8, 4) is 0 Å². The van der Waals surface area contributed by atoms with Crippen LogP contribution in [0.25, 0.3) is 0 Å². The molecule has 6 heteroatoms. The molecule has 0 heterocycles. The van der Waals surface area contributed by atoms with Gasteiger partial charge in [0.2, 0.25) is 0 Å². The lowest BCUT2D eigenvalue weighted by Crippen LogP contribution is -2.32. The van der Waals surface area contributed by atoms with Crippen molar-refractivity contribution in [1.29, 1.82) is 0 Å². The molecule has 1 N–H and O–H groups in total. The molecule has 0 radical (unpaired) electrons. The van der Waals surface area contributed by atoms with E-state index in [9.17, 15) is 22.8 Å². The highest BCUT2D eigenvalue weighted by Crippen LogP contribution is 2.31. The number of nitrogens with one attached hydrogen (secondary N) is 1. The van der Waals surface area contributed by atoms with Crippen LogP contribution in [0, 0.1) is 0 Å². The molecule has 2 aromatic carbocycles. The molecule has 0 aliphatic heterocycles. The summed E-state index contributed by atoms with van der Waals surface area (Å²) in [6, 6.07) is 12.1. The van der Waals surface area contributed by atoms with E-state index in [1.807, 2.05) is 5.32 Å². The van der Waals surface area contributed by atoms with Crippen molar-refractivity contribution in [2.24, 2.45) is 0 Å². The number of amides is 2. The second kappa shape index (κ2) is 5.78. The smallest absolute Gasteiger partial charge is 0.288 e. The summed E-state index contributed by atoms with van der Waals surface area (Å²) in [4.78, 5) is 23.6. The maximum absolute atomic E-state index is 12.8. The van der Waals surface area contributed by atoms with Gasteiger partial charge < -0.3 is 0 Å². The van der Waals surface area contributed by atoms with Gasteiger partial charge in [0.25, 0.3) is 11.8 Å². The molecule has 2 rings (SSSR count). The molecule has 0 aliphatic rings. The number of imide groups is 1. The van der Waals surface area contributed by atoms with Crippen LogP contribution >= 0.6 is 0 Å². The maximum Gasteiger partial charge on any atom is 0.417 e. The zero-order chi connectivity index (χ0) is 15.5. The van der Waals surface area contributed by atoms with E-state index in [4.69, 9.17) is 0 Å². The zero-order valence-corrected chi connectivity index (χ0v) is 10.6. The second-order valence-corrected chi connectivity index (χ2v) is 4.19. The van der Waals surface area contributed by atoms with Crippen LogP contribution in [-0.2, 0) is 6.18 Å². The molecule has 0 spiro atoms. The maximum atomic E-state index is 12.8. The topological polar surface area (TPSA) is 46.2 Å². The van der Waals surface area contributed by atoms with Crippen LogP contribution in [0.3, 0.4) is 0 Å². The lowest BCUT2D eigenvalue weighted by atomic mass is 10.1. The van der Waals surface area contributed by atoms with E-state index < -0.39 is 29.1 Å². The van der Waals surface area contributed by atoms with Gasteiger partial charge in [-0.05, 0) is 24.3 Å². The molecule has 108 valence electrons. The van der Waals surface area contributed by atoms with E-state index in [1.54, 1.807) is 18.2 Å². The average Bonchev–Trinajstić information content (AvgIpc) is 2.47. The van der Waals surface area contributed by atoms with E-state index in [1.165, 1.54) is 24.3 Å². The molecule has 2 amide bonds. The van der Waals surface area contributed by atoms with Gasteiger partial charge in [-0.1, -0.05) is 30.3 Å². The number of hydrogen-bond acceptors (Lipinski definition) is 2. The summed E-state index contributed by atoms with van der Waals surface area (Å²) in [5.74, 6) is -1.84. The van der Waals surface area contributed by atoms with Gasteiger partial charge in [-0.15, -0.1) is 0 Å². The highest BCUT2D eigenvalue weighted by molar-refractivity contribution is 6.10. The predicted molar refractivity (Wildman–Crippen MR) is 69.7 cm³/mol. The van der Waals surface area contributed by atoms with Gasteiger partial charge in [-0.2, -0.15) is 13.2 Å². The fourth-order valence-corrected chi connectivity index (χ4v) is 1.76. The number of alkyl halides is 3. The van der Waals surface area contributed by atoms with Crippen molar-refractivity contribution >= 4 is 11.8 Å². The first-order valence-electron chi connectivity index (χ1n) is 5.96. The summed E-state index contributed by atoms with van der Waals surface area (Å²) in [5.41, 5.74) is -1.48. The lowest BCUT2D eigenvalue weighted by molar-refractivity contribution is -0.137. The van der Waals surface area contributed by atoms with Crippen molar-refractivity contribution in [3.63, 3.8) is 0 Å². The van der Waals surface area contributed by atoms with E-state index in [0.29, 0.717) is 0 Å². The minimum absolute atomic E-state index is 0.190. The van der Waals surface area contributed by atoms with Gasteiger partial charge in [0.05, 0.1) is 11.1 Å². The highest BCUT2D eigenvalue weighted by Gasteiger charge is 2.35. The van der Waals surface area contributed by atoms with Gasteiger partial charge in [-0.3, -0.25) is 14.9 Å². The Morgan fingerprint density at radius 3 is 2.00 bits per heavy atom. The number of hydrogen-bond donors (Lipinski definition) is 1. The van der Waals surface area contributed by atoms with Gasteiger partial charge in [0.15, 0.2) is 0 Å². The van der Waals surface area contributed by atoms with Crippen LogP contribution in [0.1, 0.15) is 26.3 Å². The third-order valence-electron chi connectivity index (χ3n) is 2.74. The van der Waals surface area contributed by atoms with Crippen molar-refractivity contribution in [2.45, 2.75) is 6.18 Å². The minimum atomic E-state index is -4.66. The predicted octanol–water partition coefficient (Wildman–Crippen LogP) is 3.28. The second-order valence-electron chi connectivity index (χ2n) is 4.19. The summed E-state index contributed by atoms with van der Waals surface area (Å²) >= 11 is 0. The Bertz CT molecular complexity index is 666.